The molecule has 1 heterocycles. The minimum atomic E-state index is -1.08. The molecule has 2 rings (SSSR count). The molecule has 0 spiro atoms. The fourth-order valence-electron chi connectivity index (χ4n) is 1.84. The second-order valence-electron chi connectivity index (χ2n) is 4.41. The monoisotopic (exact) mass is 323 g/mol. The molecule has 0 aliphatic carbocycles. The van der Waals surface area contributed by atoms with Gasteiger partial charge in [-0.3, -0.25) is 19.3 Å². The number of methoxy groups -OCH3 is 1. The van der Waals surface area contributed by atoms with Gasteiger partial charge in [-0.15, -0.1) is 0 Å². The van der Waals surface area contributed by atoms with Crippen LogP contribution in [0.2, 0.25) is 0 Å². The topological polar surface area (TPSA) is 104 Å². The molecule has 1 aliphatic rings. The number of phenols is 1. The number of rotatable bonds is 5. The Bertz CT molecular complexity index is 669. The van der Waals surface area contributed by atoms with E-state index in [-0.39, 0.29) is 29.4 Å². The molecule has 0 bridgehead atoms. The predicted molar refractivity (Wildman–Crippen MR) is 79.6 cm³/mol. The molecule has 1 aromatic carbocycles. The van der Waals surface area contributed by atoms with Gasteiger partial charge in [0.05, 0.1) is 18.4 Å². The smallest absolute Gasteiger partial charge is 0.305 e. The lowest BCUT2D eigenvalue weighted by atomic mass is 10.2. The van der Waals surface area contributed by atoms with E-state index in [0.717, 1.165) is 16.7 Å². The highest BCUT2D eigenvalue weighted by atomic mass is 32.2. The van der Waals surface area contributed by atoms with E-state index < -0.39 is 17.1 Å². The second kappa shape index (κ2) is 6.52. The van der Waals surface area contributed by atoms with E-state index >= 15 is 0 Å². The van der Waals surface area contributed by atoms with Crippen molar-refractivity contribution in [1.29, 1.82) is 0 Å². The van der Waals surface area contributed by atoms with Gasteiger partial charge in [-0.1, -0.05) is 6.07 Å². The molecule has 0 atom stereocenters. The van der Waals surface area contributed by atoms with Gasteiger partial charge in [0.15, 0.2) is 11.5 Å². The van der Waals surface area contributed by atoms with E-state index in [4.69, 9.17) is 9.84 Å². The average Bonchev–Trinajstić information content (AvgIpc) is 2.73. The van der Waals surface area contributed by atoms with Crippen molar-refractivity contribution in [2.45, 2.75) is 6.42 Å². The number of nitrogens with zero attached hydrogens (tertiary/aromatic N) is 1. The van der Waals surface area contributed by atoms with Crippen LogP contribution in [-0.2, 0) is 9.59 Å². The van der Waals surface area contributed by atoms with E-state index in [9.17, 15) is 19.5 Å². The quantitative estimate of drug-likeness (QED) is 0.798. The summed E-state index contributed by atoms with van der Waals surface area (Å²) in [5.74, 6) is -1.39. The lowest BCUT2D eigenvalue weighted by Gasteiger charge is -2.09. The van der Waals surface area contributed by atoms with Gasteiger partial charge in [0, 0.05) is 6.54 Å². The largest absolute Gasteiger partial charge is 0.504 e. The Morgan fingerprint density at radius 1 is 1.41 bits per heavy atom. The normalized spacial score (nSPS) is 16.4. The van der Waals surface area contributed by atoms with Crippen LogP contribution in [0.25, 0.3) is 6.08 Å². The van der Waals surface area contributed by atoms with Gasteiger partial charge in [-0.2, -0.15) is 0 Å². The molecule has 1 aliphatic heterocycles. The fourth-order valence-corrected chi connectivity index (χ4v) is 2.70. The van der Waals surface area contributed by atoms with Gasteiger partial charge in [-0.25, -0.2) is 0 Å². The first-order valence-electron chi connectivity index (χ1n) is 6.26. The van der Waals surface area contributed by atoms with Gasteiger partial charge in [0.1, 0.15) is 0 Å². The van der Waals surface area contributed by atoms with Crippen LogP contribution >= 0.6 is 11.8 Å². The van der Waals surface area contributed by atoms with Crippen molar-refractivity contribution in [2.24, 2.45) is 0 Å². The van der Waals surface area contributed by atoms with Crippen molar-refractivity contribution >= 4 is 35.0 Å². The summed E-state index contributed by atoms with van der Waals surface area (Å²) in [5, 5.41) is 17.6. The first-order valence-corrected chi connectivity index (χ1v) is 7.08. The molecule has 1 fully saturated rings. The summed E-state index contributed by atoms with van der Waals surface area (Å²) in [7, 11) is 1.40. The van der Waals surface area contributed by atoms with Gasteiger partial charge >= 0.3 is 5.97 Å². The molecular weight excluding hydrogens is 310 g/mol. The number of carbonyl (C=O) groups is 3. The van der Waals surface area contributed by atoms with E-state index in [1.807, 2.05) is 0 Å². The van der Waals surface area contributed by atoms with Gasteiger partial charge in [0.25, 0.3) is 11.1 Å². The minimum absolute atomic E-state index is 0.0331. The maximum Gasteiger partial charge on any atom is 0.305 e. The van der Waals surface area contributed by atoms with Crippen LogP contribution in [0.3, 0.4) is 0 Å². The number of ether oxygens (including phenoxy) is 1. The van der Waals surface area contributed by atoms with Crippen LogP contribution in [0.1, 0.15) is 12.0 Å². The summed E-state index contributed by atoms with van der Waals surface area (Å²) in [4.78, 5) is 35.5. The number of amides is 2. The van der Waals surface area contributed by atoms with E-state index in [1.54, 1.807) is 6.07 Å². The Hall–Kier alpha value is -2.48. The zero-order valence-corrected chi connectivity index (χ0v) is 12.4. The second-order valence-corrected chi connectivity index (χ2v) is 5.40. The number of carboxylic acids is 1. The summed E-state index contributed by atoms with van der Waals surface area (Å²) in [6.07, 6.45) is 1.20. The van der Waals surface area contributed by atoms with Crippen LogP contribution in [0.4, 0.5) is 4.79 Å². The maximum atomic E-state index is 12.1. The van der Waals surface area contributed by atoms with Crippen LogP contribution in [-0.4, -0.2) is 45.9 Å². The Kier molecular flexibility index (Phi) is 4.71. The predicted octanol–water partition coefficient (Wildman–Crippen LogP) is 1.91. The third-order valence-corrected chi connectivity index (χ3v) is 3.83. The number of carbonyl (C=O) groups excluding carboxylic acids is 2. The lowest BCUT2D eigenvalue weighted by molar-refractivity contribution is -0.137. The van der Waals surface area contributed by atoms with E-state index in [0.29, 0.717) is 5.56 Å². The highest BCUT2D eigenvalue weighted by Crippen LogP contribution is 2.34. The number of carboxylic acid groups (broad SMARTS) is 1. The Morgan fingerprint density at radius 3 is 2.77 bits per heavy atom. The molecule has 22 heavy (non-hydrogen) atoms. The molecule has 2 amide bonds. The van der Waals surface area contributed by atoms with Crippen LogP contribution in [0.5, 0.6) is 11.5 Å². The molecule has 2 N–H and O–H groups in total. The number of hydrogen-bond acceptors (Lipinski definition) is 6. The van der Waals surface area contributed by atoms with Gasteiger partial charge in [-0.05, 0) is 35.5 Å². The van der Waals surface area contributed by atoms with Crippen LogP contribution < -0.4 is 4.74 Å². The van der Waals surface area contributed by atoms with E-state index in [2.05, 4.69) is 0 Å². The summed E-state index contributed by atoms with van der Waals surface area (Å²) in [5.41, 5.74) is 0.582. The zero-order valence-electron chi connectivity index (χ0n) is 11.6. The van der Waals surface area contributed by atoms with Crippen molar-refractivity contribution in [1.82, 2.24) is 4.90 Å². The lowest BCUT2D eigenvalue weighted by Crippen LogP contribution is -2.30. The summed E-state index contributed by atoms with van der Waals surface area (Å²) in [6, 6.07) is 4.52. The Balaban J connectivity index is 2.21. The summed E-state index contributed by atoms with van der Waals surface area (Å²) < 4.78 is 4.97. The number of imide groups is 1. The number of thioether (sulfide) groups is 1. The first kappa shape index (κ1) is 15.9. The number of aliphatic carboxylic acids is 1. The van der Waals surface area contributed by atoms with Gasteiger partial charge < -0.3 is 14.9 Å². The number of aromatic hydroxyl groups is 1. The van der Waals surface area contributed by atoms with E-state index in [1.165, 1.54) is 25.3 Å². The minimum Gasteiger partial charge on any atom is -0.504 e. The Labute approximate surface area is 130 Å². The van der Waals surface area contributed by atoms with Crippen molar-refractivity contribution < 1.29 is 29.3 Å². The Morgan fingerprint density at radius 2 is 2.14 bits per heavy atom. The number of benzene rings is 1. The maximum absolute atomic E-state index is 12.1. The van der Waals surface area contributed by atoms with Gasteiger partial charge in [0.2, 0.25) is 0 Å². The molecule has 0 radical (unpaired) electrons. The standard InChI is InChI=1S/C14H13NO6S/c1-21-10-6-8(2-3-9(10)16)7-11-13(19)15(14(20)22-11)5-4-12(17)18/h2-3,6-7,16H,4-5H2,1H3,(H,17,18). The van der Waals surface area contributed by atoms with Crippen molar-refractivity contribution in [3.05, 3.63) is 28.7 Å². The molecule has 8 heteroatoms. The first-order chi connectivity index (χ1) is 10.4. The molecule has 0 saturated carbocycles. The highest BCUT2D eigenvalue weighted by molar-refractivity contribution is 8.18. The zero-order chi connectivity index (χ0) is 16.3. The van der Waals surface area contributed by atoms with Crippen molar-refractivity contribution in [3.63, 3.8) is 0 Å². The molecule has 1 saturated heterocycles. The summed E-state index contributed by atoms with van der Waals surface area (Å²) in [6.45, 7) is -0.157. The molecule has 0 unspecified atom stereocenters. The fraction of sp³-hybridized carbons (Fsp3) is 0.214. The molecule has 7 nitrogen and oxygen atoms in total. The summed E-state index contributed by atoms with van der Waals surface area (Å²) >= 11 is 0.748. The SMILES string of the molecule is COc1cc(C=C2SC(=O)N(CCC(=O)O)C2=O)ccc1O. The molecule has 1 aromatic rings. The van der Waals surface area contributed by atoms with Crippen LogP contribution in [0.15, 0.2) is 23.1 Å². The third-order valence-electron chi connectivity index (χ3n) is 2.92. The van der Waals surface area contributed by atoms with Crippen molar-refractivity contribution in [2.75, 3.05) is 13.7 Å². The third kappa shape index (κ3) is 3.40. The number of hydrogen-bond donors (Lipinski definition) is 2. The molecule has 116 valence electrons. The number of phenolic OH excluding ortho intramolecular Hbond substituents is 1. The molecular formula is C14H13NO6S. The highest BCUT2D eigenvalue weighted by Gasteiger charge is 2.35. The molecule has 0 aromatic heterocycles. The van der Waals surface area contributed by atoms with Crippen LogP contribution in [0, 0.1) is 0 Å². The average molecular weight is 323 g/mol. The van der Waals surface area contributed by atoms with Crippen molar-refractivity contribution in [3.8, 4) is 11.5 Å².